The van der Waals surface area contributed by atoms with E-state index in [0.29, 0.717) is 17.9 Å². The minimum absolute atomic E-state index is 0.251. The van der Waals surface area contributed by atoms with Gasteiger partial charge < -0.3 is 11.5 Å². The molecule has 0 aromatic carbocycles. The summed E-state index contributed by atoms with van der Waals surface area (Å²) in [7, 11) is 0. The van der Waals surface area contributed by atoms with Crippen LogP contribution in [0.4, 0.5) is 5.82 Å². The van der Waals surface area contributed by atoms with Crippen molar-refractivity contribution in [2.75, 3.05) is 5.73 Å². The maximum Gasteiger partial charge on any atom is 0.217 e. The molecule has 0 unspecified atom stereocenters. The molecule has 0 aliphatic heterocycles. The van der Waals surface area contributed by atoms with E-state index in [-0.39, 0.29) is 12.3 Å². The van der Waals surface area contributed by atoms with Crippen LogP contribution >= 0.6 is 15.9 Å². The van der Waals surface area contributed by atoms with Crippen LogP contribution in [0.1, 0.15) is 17.7 Å². The number of halogens is 1. The molecule has 1 amide bonds. The van der Waals surface area contributed by atoms with Crippen LogP contribution < -0.4 is 11.5 Å². The zero-order valence-corrected chi connectivity index (χ0v) is 10.9. The van der Waals surface area contributed by atoms with Crippen molar-refractivity contribution in [2.24, 2.45) is 5.73 Å². The van der Waals surface area contributed by atoms with Crippen LogP contribution in [0, 0.1) is 6.92 Å². The van der Waals surface area contributed by atoms with E-state index in [4.69, 9.17) is 11.5 Å². The highest BCUT2D eigenvalue weighted by atomic mass is 79.9. The molecule has 4 N–H and O–H groups in total. The lowest BCUT2D eigenvalue weighted by atomic mass is 10.1. The second-order valence-corrected chi connectivity index (χ2v) is 4.61. The third-order valence-corrected chi connectivity index (χ3v) is 3.13. The molecular formula is C10H12BrN5O. The van der Waals surface area contributed by atoms with Crippen LogP contribution in [0.15, 0.2) is 10.7 Å². The fraction of sp³-hybridized carbons (Fsp3) is 0.300. The van der Waals surface area contributed by atoms with Crippen LogP contribution in [0.5, 0.6) is 0 Å². The zero-order chi connectivity index (χ0) is 12.6. The van der Waals surface area contributed by atoms with Crippen LogP contribution in [-0.4, -0.2) is 20.5 Å². The molecule has 0 aliphatic rings. The molecule has 0 saturated heterocycles. The highest BCUT2D eigenvalue weighted by Gasteiger charge is 2.13. The Hall–Kier alpha value is -1.63. The molecule has 90 valence electrons. The quantitative estimate of drug-likeness (QED) is 0.875. The van der Waals surface area contributed by atoms with Gasteiger partial charge in [-0.1, -0.05) is 0 Å². The molecule has 2 aromatic rings. The monoisotopic (exact) mass is 297 g/mol. The van der Waals surface area contributed by atoms with Crippen LogP contribution in [-0.2, 0) is 11.2 Å². The number of primary amides is 1. The fourth-order valence-corrected chi connectivity index (χ4v) is 2.04. The SMILES string of the molecule is Cc1nc2c(Br)cnn2c(N)c1CCC(N)=O. The largest absolute Gasteiger partial charge is 0.383 e. The number of aryl methyl sites for hydroxylation is 1. The first kappa shape index (κ1) is 11.8. The predicted molar refractivity (Wildman–Crippen MR) is 67.4 cm³/mol. The van der Waals surface area contributed by atoms with Crippen LogP contribution in [0.3, 0.4) is 0 Å². The molecule has 0 radical (unpaired) electrons. The Morgan fingerprint density at radius 2 is 2.29 bits per heavy atom. The number of carbonyl (C=O) groups excluding carboxylic acids is 1. The average molecular weight is 298 g/mol. The lowest BCUT2D eigenvalue weighted by Gasteiger charge is -2.09. The van der Waals surface area contributed by atoms with E-state index in [1.807, 2.05) is 6.92 Å². The normalized spacial score (nSPS) is 10.9. The number of aromatic nitrogens is 3. The minimum atomic E-state index is -0.356. The summed E-state index contributed by atoms with van der Waals surface area (Å²) in [6, 6.07) is 0. The van der Waals surface area contributed by atoms with Gasteiger partial charge in [-0.05, 0) is 29.3 Å². The van der Waals surface area contributed by atoms with Gasteiger partial charge in [-0.15, -0.1) is 0 Å². The predicted octanol–water partition coefficient (Wildman–Crippen LogP) is 0.800. The van der Waals surface area contributed by atoms with Gasteiger partial charge in [0.2, 0.25) is 5.91 Å². The van der Waals surface area contributed by atoms with Crippen LogP contribution in [0.25, 0.3) is 5.65 Å². The summed E-state index contributed by atoms with van der Waals surface area (Å²) in [5.41, 5.74) is 13.4. The molecule has 0 bridgehead atoms. The Labute approximate surface area is 106 Å². The number of carbonyl (C=O) groups is 1. The van der Waals surface area contributed by atoms with E-state index in [1.54, 1.807) is 10.7 Å². The molecule has 2 heterocycles. The van der Waals surface area contributed by atoms with Crippen molar-refractivity contribution in [2.45, 2.75) is 19.8 Å². The minimum Gasteiger partial charge on any atom is -0.383 e. The molecule has 17 heavy (non-hydrogen) atoms. The Morgan fingerprint density at radius 1 is 1.59 bits per heavy atom. The molecule has 0 fully saturated rings. The first-order valence-electron chi connectivity index (χ1n) is 5.07. The highest BCUT2D eigenvalue weighted by Crippen LogP contribution is 2.23. The molecule has 0 aliphatic carbocycles. The number of fused-ring (bicyclic) bond motifs is 1. The van der Waals surface area contributed by atoms with E-state index >= 15 is 0 Å². The van der Waals surface area contributed by atoms with Gasteiger partial charge >= 0.3 is 0 Å². The van der Waals surface area contributed by atoms with Crippen molar-refractivity contribution in [1.82, 2.24) is 14.6 Å². The van der Waals surface area contributed by atoms with E-state index in [0.717, 1.165) is 15.7 Å². The van der Waals surface area contributed by atoms with E-state index in [2.05, 4.69) is 26.0 Å². The van der Waals surface area contributed by atoms with E-state index in [1.165, 1.54) is 0 Å². The summed E-state index contributed by atoms with van der Waals surface area (Å²) >= 11 is 3.35. The van der Waals surface area contributed by atoms with E-state index < -0.39 is 0 Å². The molecule has 0 spiro atoms. The van der Waals surface area contributed by atoms with Crippen LogP contribution in [0.2, 0.25) is 0 Å². The van der Waals surface area contributed by atoms with E-state index in [9.17, 15) is 4.79 Å². The maximum atomic E-state index is 10.8. The number of hydrogen-bond donors (Lipinski definition) is 2. The molecule has 7 heteroatoms. The first-order valence-corrected chi connectivity index (χ1v) is 5.86. The molecule has 0 saturated carbocycles. The standard InChI is InChI=1S/C10H12BrN5O/c1-5-6(2-3-8(12)17)9(13)16-10(15-5)7(11)4-14-16/h4H,2-3,13H2,1H3,(H2,12,17). The fourth-order valence-electron chi connectivity index (χ4n) is 1.70. The maximum absolute atomic E-state index is 10.8. The van der Waals surface area contributed by atoms with Gasteiger partial charge in [-0.3, -0.25) is 4.79 Å². The third kappa shape index (κ3) is 2.10. The topological polar surface area (TPSA) is 99.3 Å². The Balaban J connectivity index is 2.52. The van der Waals surface area contributed by atoms with Gasteiger partial charge in [-0.2, -0.15) is 9.61 Å². The number of nitrogens with two attached hydrogens (primary N) is 2. The van der Waals surface area contributed by atoms with Gasteiger partial charge in [0, 0.05) is 17.7 Å². The summed E-state index contributed by atoms with van der Waals surface area (Å²) < 4.78 is 2.33. The lowest BCUT2D eigenvalue weighted by Crippen LogP contribution is -2.14. The Kier molecular flexibility index (Phi) is 3.01. The second-order valence-electron chi connectivity index (χ2n) is 3.76. The smallest absolute Gasteiger partial charge is 0.217 e. The summed E-state index contributed by atoms with van der Waals surface area (Å²) in [6.45, 7) is 1.85. The summed E-state index contributed by atoms with van der Waals surface area (Å²) in [5.74, 6) is 0.144. The molecule has 2 rings (SSSR count). The molecule has 6 nitrogen and oxygen atoms in total. The molecule has 2 aromatic heterocycles. The average Bonchev–Trinajstić information content (AvgIpc) is 2.60. The molecule has 0 atom stereocenters. The summed E-state index contributed by atoms with van der Waals surface area (Å²) in [4.78, 5) is 15.2. The summed E-state index contributed by atoms with van der Waals surface area (Å²) in [5, 5.41) is 4.11. The van der Waals surface area contributed by atoms with Crippen molar-refractivity contribution in [1.29, 1.82) is 0 Å². The van der Waals surface area contributed by atoms with Gasteiger partial charge in [-0.25, -0.2) is 4.98 Å². The Bertz CT molecular complexity index is 592. The van der Waals surface area contributed by atoms with Gasteiger partial charge in [0.25, 0.3) is 0 Å². The number of amides is 1. The lowest BCUT2D eigenvalue weighted by molar-refractivity contribution is -0.117. The van der Waals surface area contributed by atoms with Crippen molar-refractivity contribution >= 4 is 33.3 Å². The van der Waals surface area contributed by atoms with Gasteiger partial charge in [0.05, 0.1) is 10.7 Å². The van der Waals surface area contributed by atoms with Crippen molar-refractivity contribution in [3.63, 3.8) is 0 Å². The van der Waals surface area contributed by atoms with Gasteiger partial charge in [0.1, 0.15) is 5.82 Å². The number of rotatable bonds is 3. The number of nitrogens with zero attached hydrogens (tertiary/aromatic N) is 3. The number of anilines is 1. The van der Waals surface area contributed by atoms with Crippen molar-refractivity contribution in [3.05, 3.63) is 21.9 Å². The van der Waals surface area contributed by atoms with Crippen molar-refractivity contribution in [3.8, 4) is 0 Å². The number of hydrogen-bond acceptors (Lipinski definition) is 4. The van der Waals surface area contributed by atoms with Crippen molar-refractivity contribution < 1.29 is 4.79 Å². The summed E-state index contributed by atoms with van der Waals surface area (Å²) in [6.07, 6.45) is 2.37. The first-order chi connectivity index (χ1) is 8.00. The Morgan fingerprint density at radius 3 is 2.94 bits per heavy atom. The highest BCUT2D eigenvalue weighted by molar-refractivity contribution is 9.10. The third-order valence-electron chi connectivity index (χ3n) is 2.57. The zero-order valence-electron chi connectivity index (χ0n) is 9.27. The molecular weight excluding hydrogens is 286 g/mol. The second kappa shape index (κ2) is 4.33. The van der Waals surface area contributed by atoms with Gasteiger partial charge in [0.15, 0.2) is 5.65 Å². The number of nitrogen functional groups attached to an aromatic ring is 1.